The summed E-state index contributed by atoms with van der Waals surface area (Å²) in [6.45, 7) is 1.48. The molecule has 1 rings (SSSR count). The molecule has 18 heavy (non-hydrogen) atoms. The first-order valence-electron chi connectivity index (χ1n) is 5.43. The Bertz CT molecular complexity index is 411. The van der Waals surface area contributed by atoms with Gasteiger partial charge in [-0.1, -0.05) is 35.0 Å². The summed E-state index contributed by atoms with van der Waals surface area (Å²) in [7, 11) is 0. The first kappa shape index (κ1) is 15.0. The Labute approximate surface area is 112 Å². The van der Waals surface area contributed by atoms with Crippen LogP contribution in [0.3, 0.4) is 0 Å². The van der Waals surface area contributed by atoms with Gasteiger partial charge in [0.05, 0.1) is 6.54 Å². The first-order valence-corrected chi connectivity index (χ1v) is 6.22. The molecule has 0 bridgehead atoms. The van der Waals surface area contributed by atoms with Crippen LogP contribution in [0.15, 0.2) is 28.7 Å². The fourth-order valence-corrected chi connectivity index (χ4v) is 1.77. The van der Waals surface area contributed by atoms with E-state index in [0.717, 1.165) is 4.47 Å². The lowest BCUT2D eigenvalue weighted by molar-refractivity contribution is -0.133. The van der Waals surface area contributed by atoms with Crippen molar-refractivity contribution in [2.75, 3.05) is 6.54 Å². The van der Waals surface area contributed by atoms with Crippen LogP contribution in [-0.2, 0) is 10.4 Å². The number of hydrogen-bond acceptors (Lipinski definition) is 2. The molecule has 0 aliphatic rings. The van der Waals surface area contributed by atoms with E-state index in [1.54, 1.807) is 31.2 Å². The van der Waals surface area contributed by atoms with Gasteiger partial charge in [0.25, 0.3) is 5.91 Å². The van der Waals surface area contributed by atoms with Crippen LogP contribution < -0.4 is 5.32 Å². The number of hydrogen-bond donors (Lipinski definition) is 2. The van der Waals surface area contributed by atoms with Crippen LogP contribution in [-0.4, -0.2) is 24.0 Å². The van der Waals surface area contributed by atoms with Crippen molar-refractivity contribution in [3.63, 3.8) is 0 Å². The van der Waals surface area contributed by atoms with Crippen LogP contribution in [0.5, 0.6) is 0 Å². The van der Waals surface area contributed by atoms with Gasteiger partial charge in [0.2, 0.25) is 0 Å². The Kier molecular flexibility index (Phi) is 5.22. The van der Waals surface area contributed by atoms with Crippen LogP contribution in [0.25, 0.3) is 0 Å². The topological polar surface area (TPSA) is 49.3 Å². The molecule has 0 radical (unpaired) electrons. The molecule has 0 spiro atoms. The Morgan fingerprint density at radius 3 is 2.44 bits per heavy atom. The number of benzene rings is 1. The summed E-state index contributed by atoms with van der Waals surface area (Å²) in [5, 5.41) is 12.4. The average molecular weight is 322 g/mol. The summed E-state index contributed by atoms with van der Waals surface area (Å²) in [6, 6.07) is 6.85. The number of carbonyl (C=O) groups is 1. The fourth-order valence-electron chi connectivity index (χ4n) is 1.50. The summed E-state index contributed by atoms with van der Waals surface area (Å²) in [5.74, 6) is -1.38. The maximum Gasteiger partial charge on any atom is 0.315 e. The van der Waals surface area contributed by atoms with Crippen molar-refractivity contribution in [1.29, 1.82) is 0 Å². The van der Waals surface area contributed by atoms with Gasteiger partial charge in [-0.15, -0.1) is 0 Å². The minimum Gasteiger partial charge on any atom is -0.383 e. The third-order valence-electron chi connectivity index (χ3n) is 2.72. The smallest absolute Gasteiger partial charge is 0.315 e. The zero-order chi connectivity index (χ0) is 13.8. The molecule has 1 aromatic rings. The van der Waals surface area contributed by atoms with Crippen molar-refractivity contribution < 1.29 is 18.7 Å². The van der Waals surface area contributed by atoms with Crippen LogP contribution >= 0.6 is 15.9 Å². The van der Waals surface area contributed by atoms with E-state index in [-0.39, 0.29) is 6.54 Å². The van der Waals surface area contributed by atoms with Crippen molar-refractivity contribution in [3.8, 4) is 0 Å². The van der Waals surface area contributed by atoms with Crippen molar-refractivity contribution in [2.45, 2.75) is 25.4 Å². The first-order chi connectivity index (χ1) is 8.39. The number of nitrogens with one attached hydrogen (secondary N) is 1. The number of halogens is 3. The molecule has 0 saturated carbocycles. The molecule has 6 heteroatoms. The largest absolute Gasteiger partial charge is 0.383 e. The molecule has 0 heterocycles. The van der Waals surface area contributed by atoms with Crippen molar-refractivity contribution in [2.24, 2.45) is 0 Å². The quantitative estimate of drug-likeness (QED) is 0.875. The molecular weight excluding hydrogens is 308 g/mol. The number of rotatable bonds is 5. The van der Waals surface area contributed by atoms with E-state index >= 15 is 0 Å². The van der Waals surface area contributed by atoms with Crippen LogP contribution in [0.4, 0.5) is 8.78 Å². The van der Waals surface area contributed by atoms with Crippen LogP contribution in [0.1, 0.15) is 18.9 Å². The van der Waals surface area contributed by atoms with E-state index in [1.165, 1.54) is 0 Å². The highest BCUT2D eigenvalue weighted by molar-refractivity contribution is 9.10. The molecule has 0 aliphatic heterocycles. The normalized spacial score (nSPS) is 14.3. The highest BCUT2D eigenvalue weighted by Gasteiger charge is 2.29. The fraction of sp³-hybridized carbons (Fsp3) is 0.417. The van der Waals surface area contributed by atoms with Gasteiger partial charge in [-0.25, -0.2) is 0 Å². The minimum atomic E-state index is -3.07. The highest BCUT2D eigenvalue weighted by atomic mass is 79.9. The predicted molar refractivity (Wildman–Crippen MR) is 67.3 cm³/mol. The van der Waals surface area contributed by atoms with E-state index in [1.807, 2.05) is 5.32 Å². The second-order valence-corrected chi connectivity index (χ2v) is 4.83. The van der Waals surface area contributed by atoms with E-state index in [4.69, 9.17) is 0 Å². The molecule has 0 aromatic heterocycles. The summed E-state index contributed by atoms with van der Waals surface area (Å²) >= 11 is 3.26. The van der Waals surface area contributed by atoms with Gasteiger partial charge in [0.15, 0.2) is 0 Å². The Hall–Kier alpha value is -1.01. The maximum atomic E-state index is 12.1. The van der Waals surface area contributed by atoms with Gasteiger partial charge in [-0.3, -0.25) is 4.79 Å². The molecule has 1 aromatic carbocycles. The lowest BCUT2D eigenvalue weighted by atomic mass is 9.91. The third-order valence-corrected chi connectivity index (χ3v) is 3.25. The zero-order valence-corrected chi connectivity index (χ0v) is 11.4. The maximum absolute atomic E-state index is 12.1. The van der Waals surface area contributed by atoms with E-state index in [2.05, 4.69) is 15.9 Å². The summed E-state index contributed by atoms with van der Waals surface area (Å²) in [5.41, 5.74) is -0.770. The average Bonchev–Trinajstić information content (AvgIpc) is 2.36. The van der Waals surface area contributed by atoms with Crippen LogP contribution in [0, 0.1) is 0 Å². The lowest BCUT2D eigenvalue weighted by Crippen LogP contribution is -2.42. The molecule has 1 unspecified atom stereocenters. The predicted octanol–water partition coefficient (Wildman–Crippen LogP) is 2.43. The minimum absolute atomic E-state index is 0.242. The van der Waals surface area contributed by atoms with Gasteiger partial charge >= 0.3 is 6.43 Å². The van der Waals surface area contributed by atoms with Crippen molar-refractivity contribution in [3.05, 3.63) is 34.3 Å². The molecular formula is C12H14BrF2NO2. The number of amides is 1. The van der Waals surface area contributed by atoms with Crippen molar-refractivity contribution in [1.82, 2.24) is 5.32 Å². The van der Waals surface area contributed by atoms with Gasteiger partial charge in [0.1, 0.15) is 5.60 Å². The van der Waals surface area contributed by atoms with Gasteiger partial charge < -0.3 is 10.4 Å². The summed E-state index contributed by atoms with van der Waals surface area (Å²) in [6.07, 6.45) is -2.77. The summed E-state index contributed by atoms with van der Waals surface area (Å²) < 4.78 is 25.0. The lowest BCUT2D eigenvalue weighted by Gasteiger charge is -2.27. The van der Waals surface area contributed by atoms with E-state index < -0.39 is 17.9 Å². The molecule has 100 valence electrons. The van der Waals surface area contributed by atoms with Crippen LogP contribution in [0.2, 0.25) is 0 Å². The SMILES string of the molecule is CCC(O)(CNC(=O)C(F)F)c1ccc(Br)cc1. The standard InChI is InChI=1S/C12H14BrF2NO2/c1-2-12(18,7-16-11(17)10(14)15)8-3-5-9(13)6-4-8/h3-6,10,18H,2,7H2,1H3,(H,16,17). The van der Waals surface area contributed by atoms with E-state index in [9.17, 15) is 18.7 Å². The molecule has 3 nitrogen and oxygen atoms in total. The second-order valence-electron chi connectivity index (χ2n) is 3.91. The molecule has 0 saturated heterocycles. The molecule has 0 fully saturated rings. The Morgan fingerprint density at radius 2 is 2.00 bits per heavy atom. The Balaban J connectivity index is 2.79. The number of alkyl halides is 2. The molecule has 2 N–H and O–H groups in total. The number of aliphatic hydroxyl groups is 1. The van der Waals surface area contributed by atoms with E-state index in [0.29, 0.717) is 12.0 Å². The molecule has 1 atom stereocenters. The van der Waals surface area contributed by atoms with Crippen molar-refractivity contribution >= 4 is 21.8 Å². The Morgan fingerprint density at radius 1 is 1.44 bits per heavy atom. The molecule has 1 amide bonds. The monoisotopic (exact) mass is 321 g/mol. The van der Waals surface area contributed by atoms with Gasteiger partial charge in [0, 0.05) is 4.47 Å². The second kappa shape index (κ2) is 6.24. The third kappa shape index (κ3) is 3.74. The van der Waals surface area contributed by atoms with Gasteiger partial charge in [-0.05, 0) is 24.1 Å². The molecule has 0 aliphatic carbocycles. The summed E-state index contributed by atoms with van der Waals surface area (Å²) in [4.78, 5) is 10.8. The van der Waals surface area contributed by atoms with Gasteiger partial charge in [-0.2, -0.15) is 8.78 Å². The highest BCUT2D eigenvalue weighted by Crippen LogP contribution is 2.25. The zero-order valence-electron chi connectivity index (χ0n) is 9.79. The number of carbonyl (C=O) groups excluding carboxylic acids is 1.